The lowest BCUT2D eigenvalue weighted by atomic mass is 10.1. The lowest BCUT2D eigenvalue weighted by molar-refractivity contribution is 0.507. The van der Waals surface area contributed by atoms with E-state index < -0.39 is 0 Å². The maximum Gasteiger partial charge on any atom is 0.0789 e. The van der Waals surface area contributed by atoms with E-state index in [0.29, 0.717) is 12.6 Å². The number of aromatic nitrogens is 1. The summed E-state index contributed by atoms with van der Waals surface area (Å²) in [7, 11) is 1.98. The van der Waals surface area contributed by atoms with Crippen molar-refractivity contribution in [3.05, 3.63) is 24.0 Å². The van der Waals surface area contributed by atoms with Gasteiger partial charge in [-0.05, 0) is 31.5 Å². The molecule has 0 fully saturated rings. The Balaban J connectivity index is 2.71. The van der Waals surface area contributed by atoms with Gasteiger partial charge in [0.2, 0.25) is 0 Å². The Hall–Kier alpha value is -1.53. The number of hydrogen-bond acceptors (Lipinski definition) is 3. The van der Waals surface area contributed by atoms with Crippen LogP contribution in [0.4, 0.5) is 5.69 Å². The molecule has 0 amide bonds. The molecule has 18 heavy (non-hydrogen) atoms. The van der Waals surface area contributed by atoms with Crippen molar-refractivity contribution in [3.8, 4) is 12.3 Å². The number of rotatable bonds is 7. The molecule has 98 valence electrons. The maximum absolute atomic E-state index is 5.30. The molecule has 1 aromatic heterocycles. The fraction of sp³-hybridized carbons (Fsp3) is 0.533. The molecule has 0 radical (unpaired) electrons. The molecule has 0 spiro atoms. The summed E-state index contributed by atoms with van der Waals surface area (Å²) in [5.74, 6) is 2.63. The molecular formula is C15H23N3. The Labute approximate surface area is 111 Å². The Morgan fingerprint density at radius 3 is 2.72 bits per heavy atom. The van der Waals surface area contributed by atoms with Crippen LogP contribution in [0.1, 0.15) is 38.4 Å². The molecule has 3 heteroatoms. The first-order valence-corrected chi connectivity index (χ1v) is 6.56. The second-order valence-electron chi connectivity index (χ2n) is 4.42. The van der Waals surface area contributed by atoms with Gasteiger partial charge in [-0.1, -0.05) is 19.8 Å². The minimum absolute atomic E-state index is 0.344. The molecule has 1 unspecified atom stereocenters. The van der Waals surface area contributed by atoms with Crippen molar-refractivity contribution in [2.75, 3.05) is 25.0 Å². The van der Waals surface area contributed by atoms with Gasteiger partial charge in [-0.25, -0.2) is 0 Å². The number of anilines is 1. The van der Waals surface area contributed by atoms with Crippen molar-refractivity contribution < 1.29 is 0 Å². The highest BCUT2D eigenvalue weighted by Gasteiger charge is 2.09. The van der Waals surface area contributed by atoms with Crippen LogP contribution in [-0.4, -0.2) is 25.1 Å². The average molecular weight is 245 g/mol. The molecule has 1 heterocycles. The van der Waals surface area contributed by atoms with Gasteiger partial charge in [-0.15, -0.1) is 6.42 Å². The molecule has 0 aromatic carbocycles. The van der Waals surface area contributed by atoms with E-state index >= 15 is 0 Å². The molecule has 0 aliphatic heterocycles. The summed E-state index contributed by atoms with van der Waals surface area (Å²) < 4.78 is 0. The molecule has 0 saturated heterocycles. The summed E-state index contributed by atoms with van der Waals surface area (Å²) in [6.45, 7) is 5.98. The molecule has 0 saturated carbocycles. The first kappa shape index (κ1) is 14.5. The topological polar surface area (TPSA) is 28.2 Å². The lowest BCUT2D eigenvalue weighted by Gasteiger charge is -2.19. The monoisotopic (exact) mass is 245 g/mol. The van der Waals surface area contributed by atoms with E-state index in [1.807, 2.05) is 18.1 Å². The molecule has 0 aliphatic rings. The smallest absolute Gasteiger partial charge is 0.0789 e. The van der Waals surface area contributed by atoms with E-state index in [1.165, 1.54) is 0 Å². The number of hydrogen-bond donors (Lipinski definition) is 1. The zero-order valence-corrected chi connectivity index (χ0v) is 11.6. The van der Waals surface area contributed by atoms with E-state index in [0.717, 1.165) is 30.8 Å². The van der Waals surface area contributed by atoms with Crippen LogP contribution in [-0.2, 0) is 0 Å². The SMILES string of the molecule is C#CCN(C)c1ccc(C(CC)NCCC)nc1. The summed E-state index contributed by atoms with van der Waals surface area (Å²) in [5, 5.41) is 3.50. The van der Waals surface area contributed by atoms with Gasteiger partial charge in [0.05, 0.1) is 24.1 Å². The fourth-order valence-electron chi connectivity index (χ4n) is 1.83. The third-order valence-electron chi connectivity index (χ3n) is 2.95. The highest BCUT2D eigenvalue weighted by atomic mass is 15.1. The second kappa shape index (κ2) is 7.73. The Bertz CT molecular complexity index is 378. The number of nitrogens with one attached hydrogen (secondary N) is 1. The van der Waals surface area contributed by atoms with Crippen LogP contribution in [0.2, 0.25) is 0 Å². The molecule has 3 nitrogen and oxygen atoms in total. The van der Waals surface area contributed by atoms with Gasteiger partial charge in [0, 0.05) is 13.1 Å². The minimum Gasteiger partial charge on any atom is -0.362 e. The quantitative estimate of drug-likeness (QED) is 0.748. The van der Waals surface area contributed by atoms with E-state index in [2.05, 4.69) is 42.2 Å². The summed E-state index contributed by atoms with van der Waals surface area (Å²) in [5.41, 5.74) is 2.16. The van der Waals surface area contributed by atoms with Gasteiger partial charge in [-0.2, -0.15) is 0 Å². The largest absolute Gasteiger partial charge is 0.362 e. The predicted octanol–water partition coefficient (Wildman–Crippen LogP) is 2.60. The van der Waals surface area contributed by atoms with E-state index in [9.17, 15) is 0 Å². The van der Waals surface area contributed by atoms with Crippen molar-refractivity contribution in [2.24, 2.45) is 0 Å². The highest BCUT2D eigenvalue weighted by molar-refractivity contribution is 5.45. The number of terminal acetylenes is 1. The van der Waals surface area contributed by atoms with E-state index in [-0.39, 0.29) is 0 Å². The van der Waals surface area contributed by atoms with Gasteiger partial charge in [0.15, 0.2) is 0 Å². The van der Waals surface area contributed by atoms with Crippen LogP contribution in [0.15, 0.2) is 18.3 Å². The van der Waals surface area contributed by atoms with Crippen molar-refractivity contribution in [3.63, 3.8) is 0 Å². The van der Waals surface area contributed by atoms with Gasteiger partial charge in [0.25, 0.3) is 0 Å². The van der Waals surface area contributed by atoms with Crippen LogP contribution < -0.4 is 10.2 Å². The van der Waals surface area contributed by atoms with Crippen LogP contribution in [0.5, 0.6) is 0 Å². The van der Waals surface area contributed by atoms with Crippen LogP contribution in [0.3, 0.4) is 0 Å². The van der Waals surface area contributed by atoms with E-state index in [4.69, 9.17) is 6.42 Å². The summed E-state index contributed by atoms with van der Waals surface area (Å²) in [6, 6.07) is 4.51. The molecule has 0 bridgehead atoms. The summed E-state index contributed by atoms with van der Waals surface area (Å²) >= 11 is 0. The van der Waals surface area contributed by atoms with Gasteiger partial charge < -0.3 is 10.2 Å². The third kappa shape index (κ3) is 4.05. The molecule has 1 aromatic rings. The lowest BCUT2D eigenvalue weighted by Crippen LogP contribution is -2.23. The van der Waals surface area contributed by atoms with Gasteiger partial charge in [0.1, 0.15) is 0 Å². The zero-order chi connectivity index (χ0) is 13.4. The van der Waals surface area contributed by atoms with Crippen molar-refractivity contribution >= 4 is 5.69 Å². The normalized spacial score (nSPS) is 11.9. The Kier molecular flexibility index (Phi) is 6.24. The van der Waals surface area contributed by atoms with Crippen LogP contribution in [0, 0.1) is 12.3 Å². The summed E-state index contributed by atoms with van der Waals surface area (Å²) in [6.07, 6.45) is 9.38. The van der Waals surface area contributed by atoms with Crippen molar-refractivity contribution in [1.29, 1.82) is 0 Å². The highest BCUT2D eigenvalue weighted by Crippen LogP contribution is 2.17. The first-order chi connectivity index (χ1) is 8.72. The Morgan fingerprint density at radius 2 is 2.22 bits per heavy atom. The van der Waals surface area contributed by atoms with Crippen molar-refractivity contribution in [1.82, 2.24) is 10.3 Å². The maximum atomic E-state index is 5.30. The predicted molar refractivity (Wildman–Crippen MR) is 77.7 cm³/mol. The molecular weight excluding hydrogens is 222 g/mol. The first-order valence-electron chi connectivity index (χ1n) is 6.56. The molecule has 1 N–H and O–H groups in total. The van der Waals surface area contributed by atoms with E-state index in [1.54, 1.807) is 0 Å². The Morgan fingerprint density at radius 1 is 1.44 bits per heavy atom. The van der Waals surface area contributed by atoms with Gasteiger partial charge >= 0.3 is 0 Å². The van der Waals surface area contributed by atoms with Crippen LogP contribution in [0.25, 0.3) is 0 Å². The molecule has 0 aliphatic carbocycles. The fourth-order valence-corrected chi connectivity index (χ4v) is 1.83. The molecule has 1 atom stereocenters. The zero-order valence-electron chi connectivity index (χ0n) is 11.6. The number of nitrogens with zero attached hydrogens (tertiary/aromatic N) is 2. The van der Waals surface area contributed by atoms with Crippen molar-refractivity contribution in [2.45, 2.75) is 32.7 Å². The average Bonchev–Trinajstić information content (AvgIpc) is 2.40. The minimum atomic E-state index is 0.344. The molecule has 1 rings (SSSR count). The summed E-state index contributed by atoms with van der Waals surface area (Å²) in [4.78, 5) is 6.54. The second-order valence-corrected chi connectivity index (χ2v) is 4.42. The standard InChI is InChI=1S/C15H23N3/c1-5-10-16-14(7-3)15-9-8-13(12-17-15)18(4)11-6-2/h2,8-9,12,14,16H,5,7,10-11H2,1,3-4H3. The van der Waals surface area contributed by atoms with Crippen LogP contribution >= 0.6 is 0 Å². The number of pyridine rings is 1. The van der Waals surface area contributed by atoms with Gasteiger partial charge in [-0.3, -0.25) is 4.98 Å². The third-order valence-corrected chi connectivity index (χ3v) is 2.95.